The van der Waals surface area contributed by atoms with Crippen LogP contribution in [-0.2, 0) is 18.5 Å². The molecular formula is C18H22ClN. The summed E-state index contributed by atoms with van der Waals surface area (Å²) in [5.74, 6) is 0. The van der Waals surface area contributed by atoms with Gasteiger partial charge in [0.25, 0.3) is 0 Å². The predicted octanol–water partition coefficient (Wildman–Crippen LogP) is 4.93. The third-order valence-electron chi connectivity index (χ3n) is 3.39. The van der Waals surface area contributed by atoms with Crippen molar-refractivity contribution >= 4 is 11.6 Å². The van der Waals surface area contributed by atoms with Crippen LogP contribution in [0, 0.1) is 0 Å². The lowest BCUT2D eigenvalue weighted by Crippen LogP contribution is -2.14. The van der Waals surface area contributed by atoms with Crippen molar-refractivity contribution in [1.29, 1.82) is 0 Å². The highest BCUT2D eigenvalue weighted by molar-refractivity contribution is 6.30. The van der Waals surface area contributed by atoms with Crippen LogP contribution in [0.4, 0.5) is 0 Å². The van der Waals surface area contributed by atoms with Gasteiger partial charge >= 0.3 is 0 Å². The molecule has 0 aromatic heterocycles. The van der Waals surface area contributed by atoms with Gasteiger partial charge in [0.1, 0.15) is 0 Å². The van der Waals surface area contributed by atoms with Gasteiger partial charge in [-0.1, -0.05) is 68.8 Å². The van der Waals surface area contributed by atoms with Gasteiger partial charge in [-0.05, 0) is 34.2 Å². The van der Waals surface area contributed by atoms with Crippen LogP contribution in [0.2, 0.25) is 5.02 Å². The quantitative estimate of drug-likeness (QED) is 0.841. The Morgan fingerprint density at radius 2 is 1.25 bits per heavy atom. The maximum absolute atomic E-state index is 5.87. The van der Waals surface area contributed by atoms with E-state index in [1.54, 1.807) is 0 Å². The van der Waals surface area contributed by atoms with Crippen LogP contribution in [0.15, 0.2) is 48.5 Å². The van der Waals surface area contributed by atoms with Gasteiger partial charge in [0.2, 0.25) is 0 Å². The molecular weight excluding hydrogens is 266 g/mol. The highest BCUT2D eigenvalue weighted by atomic mass is 35.5. The van der Waals surface area contributed by atoms with E-state index >= 15 is 0 Å². The summed E-state index contributed by atoms with van der Waals surface area (Å²) >= 11 is 5.87. The maximum Gasteiger partial charge on any atom is 0.0406 e. The van der Waals surface area contributed by atoms with Crippen molar-refractivity contribution in [3.8, 4) is 0 Å². The van der Waals surface area contributed by atoms with Crippen molar-refractivity contribution in [2.45, 2.75) is 39.3 Å². The van der Waals surface area contributed by atoms with Crippen LogP contribution in [0.25, 0.3) is 0 Å². The molecule has 0 aliphatic carbocycles. The zero-order valence-corrected chi connectivity index (χ0v) is 13.2. The van der Waals surface area contributed by atoms with Crippen molar-refractivity contribution in [2.75, 3.05) is 0 Å². The van der Waals surface area contributed by atoms with Crippen LogP contribution in [0.5, 0.6) is 0 Å². The molecule has 0 spiro atoms. The van der Waals surface area contributed by atoms with E-state index in [9.17, 15) is 0 Å². The number of hydrogen-bond acceptors (Lipinski definition) is 1. The fourth-order valence-corrected chi connectivity index (χ4v) is 2.20. The lowest BCUT2D eigenvalue weighted by Gasteiger charge is -2.19. The fourth-order valence-electron chi connectivity index (χ4n) is 2.08. The average molecular weight is 288 g/mol. The van der Waals surface area contributed by atoms with E-state index in [1.807, 2.05) is 12.1 Å². The smallest absolute Gasteiger partial charge is 0.0406 e. The highest BCUT2D eigenvalue weighted by Gasteiger charge is 2.12. The van der Waals surface area contributed by atoms with Crippen LogP contribution in [0.1, 0.15) is 37.5 Å². The minimum atomic E-state index is 0.218. The molecule has 0 bridgehead atoms. The van der Waals surface area contributed by atoms with Crippen LogP contribution < -0.4 is 5.32 Å². The van der Waals surface area contributed by atoms with E-state index in [0.29, 0.717) is 0 Å². The van der Waals surface area contributed by atoms with E-state index in [2.05, 4.69) is 62.5 Å². The zero-order chi connectivity index (χ0) is 14.6. The van der Waals surface area contributed by atoms with Gasteiger partial charge in [-0.3, -0.25) is 0 Å². The molecule has 0 amide bonds. The first-order valence-electron chi connectivity index (χ1n) is 7.00. The first-order chi connectivity index (χ1) is 9.45. The lowest BCUT2D eigenvalue weighted by molar-refractivity contribution is 0.589. The predicted molar refractivity (Wildman–Crippen MR) is 87.1 cm³/mol. The Morgan fingerprint density at radius 1 is 0.800 bits per heavy atom. The molecule has 0 aliphatic rings. The highest BCUT2D eigenvalue weighted by Crippen LogP contribution is 2.22. The number of nitrogens with one attached hydrogen (secondary N) is 1. The topological polar surface area (TPSA) is 12.0 Å². The number of hydrogen-bond donors (Lipinski definition) is 1. The van der Waals surface area contributed by atoms with E-state index in [1.165, 1.54) is 16.7 Å². The van der Waals surface area contributed by atoms with Crippen molar-refractivity contribution in [3.05, 3.63) is 70.2 Å². The molecule has 106 valence electrons. The molecule has 0 unspecified atom stereocenters. The van der Waals surface area contributed by atoms with Crippen molar-refractivity contribution in [3.63, 3.8) is 0 Å². The SMILES string of the molecule is CC(C)(C)c1ccc(CNCc2ccc(Cl)cc2)cc1. The third kappa shape index (κ3) is 4.36. The normalized spacial score (nSPS) is 11.6. The molecule has 0 fully saturated rings. The molecule has 2 aromatic carbocycles. The fraction of sp³-hybridized carbons (Fsp3) is 0.333. The molecule has 20 heavy (non-hydrogen) atoms. The number of rotatable bonds is 4. The second kappa shape index (κ2) is 6.43. The molecule has 0 atom stereocenters. The van der Waals surface area contributed by atoms with Gasteiger partial charge < -0.3 is 5.32 Å². The Balaban J connectivity index is 1.87. The summed E-state index contributed by atoms with van der Waals surface area (Å²) in [6, 6.07) is 16.8. The molecule has 0 aliphatic heterocycles. The Morgan fingerprint density at radius 3 is 1.70 bits per heavy atom. The monoisotopic (exact) mass is 287 g/mol. The zero-order valence-electron chi connectivity index (χ0n) is 12.4. The summed E-state index contributed by atoms with van der Waals surface area (Å²) in [5, 5.41) is 4.24. The molecule has 1 nitrogen and oxygen atoms in total. The Bertz CT molecular complexity index is 535. The molecule has 0 saturated carbocycles. The summed E-state index contributed by atoms with van der Waals surface area (Å²) in [5.41, 5.74) is 4.15. The number of halogens is 1. The van der Waals surface area contributed by atoms with Gasteiger partial charge in [0.15, 0.2) is 0 Å². The Hall–Kier alpha value is -1.31. The molecule has 0 heterocycles. The third-order valence-corrected chi connectivity index (χ3v) is 3.64. The summed E-state index contributed by atoms with van der Waals surface area (Å²) in [4.78, 5) is 0. The van der Waals surface area contributed by atoms with Gasteiger partial charge in [-0.15, -0.1) is 0 Å². The van der Waals surface area contributed by atoms with E-state index in [0.717, 1.165) is 18.1 Å². The Kier molecular flexibility index (Phi) is 4.85. The van der Waals surface area contributed by atoms with Gasteiger partial charge in [0.05, 0.1) is 0 Å². The largest absolute Gasteiger partial charge is 0.309 e. The Labute approximate surface area is 127 Å². The molecule has 1 N–H and O–H groups in total. The molecule has 2 heteroatoms. The second-order valence-electron chi connectivity index (χ2n) is 6.18. The maximum atomic E-state index is 5.87. The van der Waals surface area contributed by atoms with Gasteiger partial charge in [0, 0.05) is 18.1 Å². The summed E-state index contributed by atoms with van der Waals surface area (Å²) in [6.45, 7) is 8.45. The minimum Gasteiger partial charge on any atom is -0.309 e. The first-order valence-corrected chi connectivity index (χ1v) is 7.37. The lowest BCUT2D eigenvalue weighted by atomic mass is 9.87. The molecule has 2 aromatic rings. The van der Waals surface area contributed by atoms with Crippen LogP contribution >= 0.6 is 11.6 Å². The van der Waals surface area contributed by atoms with E-state index < -0.39 is 0 Å². The first kappa shape index (κ1) is 15.1. The summed E-state index contributed by atoms with van der Waals surface area (Å²) < 4.78 is 0. The summed E-state index contributed by atoms with van der Waals surface area (Å²) in [7, 11) is 0. The second-order valence-corrected chi connectivity index (χ2v) is 6.61. The van der Waals surface area contributed by atoms with Crippen LogP contribution in [-0.4, -0.2) is 0 Å². The van der Waals surface area contributed by atoms with Crippen molar-refractivity contribution < 1.29 is 0 Å². The molecule has 2 rings (SSSR count). The molecule has 0 radical (unpaired) electrons. The van der Waals surface area contributed by atoms with E-state index in [4.69, 9.17) is 11.6 Å². The minimum absolute atomic E-state index is 0.218. The van der Waals surface area contributed by atoms with Crippen molar-refractivity contribution in [2.24, 2.45) is 0 Å². The van der Waals surface area contributed by atoms with Gasteiger partial charge in [-0.25, -0.2) is 0 Å². The van der Waals surface area contributed by atoms with Crippen molar-refractivity contribution in [1.82, 2.24) is 5.32 Å². The average Bonchev–Trinajstić information content (AvgIpc) is 2.41. The van der Waals surface area contributed by atoms with Gasteiger partial charge in [-0.2, -0.15) is 0 Å². The summed E-state index contributed by atoms with van der Waals surface area (Å²) in [6.07, 6.45) is 0. The molecule has 0 saturated heterocycles. The van der Waals surface area contributed by atoms with Crippen LogP contribution in [0.3, 0.4) is 0 Å². The van der Waals surface area contributed by atoms with E-state index in [-0.39, 0.29) is 5.41 Å². The number of benzene rings is 2. The standard InChI is InChI=1S/C18H22ClN/c1-18(2,3)16-8-4-14(5-9-16)12-20-13-15-6-10-17(19)11-7-15/h4-11,20H,12-13H2,1-3H3.